The summed E-state index contributed by atoms with van der Waals surface area (Å²) in [4.78, 5) is 9.64. The molecule has 7 nitrogen and oxygen atoms in total. The molecule has 0 aromatic heterocycles. The molecule has 0 aliphatic heterocycles. The van der Waals surface area contributed by atoms with Crippen molar-refractivity contribution in [1.29, 1.82) is 0 Å². The summed E-state index contributed by atoms with van der Waals surface area (Å²) in [6.07, 6.45) is 0.234. The van der Waals surface area contributed by atoms with Gasteiger partial charge in [0.1, 0.15) is 5.75 Å². The minimum atomic E-state index is -4.77. The first-order valence-electron chi connectivity index (χ1n) is 4.23. The maximum atomic E-state index is 10.2. The monoisotopic (exact) mass is 285 g/mol. The van der Waals surface area contributed by atoms with E-state index in [2.05, 4.69) is 4.18 Å². The van der Waals surface area contributed by atoms with E-state index < -0.39 is 15.3 Å². The van der Waals surface area contributed by atoms with Gasteiger partial charge >= 0.3 is 51.4 Å². The average Bonchev–Trinajstić information content (AvgIpc) is 2.14. The second kappa shape index (κ2) is 7.41. The molecule has 88 valence electrons. The Balaban J connectivity index is 0.00000256. The van der Waals surface area contributed by atoms with Crippen molar-refractivity contribution in [2.75, 3.05) is 6.54 Å². The number of rotatable bonds is 5. The molecule has 0 radical (unpaired) electrons. The standard InChI is InChI=1S/C8H9NO6S.K/c10-9(11)6-5-7-1-3-8(4-2-7)15-16(12,13)14;/h1-4H,5-6H2,(H,12,13,14);/q;+1/p-1. The maximum Gasteiger partial charge on any atom is 1.00 e. The maximum absolute atomic E-state index is 10.2. The topological polar surface area (TPSA) is 110 Å². The zero-order valence-electron chi connectivity index (χ0n) is 9.03. The van der Waals surface area contributed by atoms with Crippen LogP contribution in [0, 0.1) is 10.1 Å². The van der Waals surface area contributed by atoms with Gasteiger partial charge in [-0.05, 0) is 17.7 Å². The molecular weight excluding hydrogens is 277 g/mol. The van der Waals surface area contributed by atoms with Crippen molar-refractivity contribution >= 4 is 10.4 Å². The Bertz CT molecular complexity index is 471. The molecule has 0 N–H and O–H groups in total. The molecule has 9 heteroatoms. The Morgan fingerprint density at radius 1 is 1.24 bits per heavy atom. The summed E-state index contributed by atoms with van der Waals surface area (Å²) < 4.78 is 34.8. The van der Waals surface area contributed by atoms with Crippen LogP contribution in [-0.2, 0) is 16.8 Å². The van der Waals surface area contributed by atoms with Gasteiger partial charge in [-0.15, -0.1) is 0 Å². The van der Waals surface area contributed by atoms with Gasteiger partial charge in [0.05, 0.1) is 0 Å². The van der Waals surface area contributed by atoms with E-state index in [0.29, 0.717) is 5.56 Å². The van der Waals surface area contributed by atoms with E-state index in [1.165, 1.54) is 24.3 Å². The first kappa shape index (κ1) is 17.0. The molecule has 0 heterocycles. The quantitative estimate of drug-likeness (QED) is 0.192. The van der Waals surface area contributed by atoms with Crippen LogP contribution in [0.2, 0.25) is 0 Å². The van der Waals surface area contributed by atoms with Crippen LogP contribution in [0.4, 0.5) is 0 Å². The van der Waals surface area contributed by atoms with Crippen molar-refractivity contribution in [3.8, 4) is 5.75 Å². The molecule has 0 aliphatic rings. The van der Waals surface area contributed by atoms with E-state index in [-0.39, 0.29) is 70.1 Å². The molecule has 0 fully saturated rings. The van der Waals surface area contributed by atoms with Crippen LogP contribution >= 0.6 is 0 Å². The van der Waals surface area contributed by atoms with Crippen LogP contribution in [-0.4, -0.2) is 24.4 Å². The van der Waals surface area contributed by atoms with Gasteiger partial charge in [0.15, 0.2) is 0 Å². The van der Waals surface area contributed by atoms with Crippen LogP contribution in [0.5, 0.6) is 5.75 Å². The Morgan fingerprint density at radius 3 is 2.18 bits per heavy atom. The summed E-state index contributed by atoms with van der Waals surface area (Å²) in [5.74, 6) is -0.111. The molecule has 1 aromatic carbocycles. The summed E-state index contributed by atoms with van der Waals surface area (Å²) >= 11 is 0. The third kappa shape index (κ3) is 7.81. The summed E-state index contributed by atoms with van der Waals surface area (Å²) in [5.41, 5.74) is 0.660. The van der Waals surface area contributed by atoms with Gasteiger partial charge in [0.25, 0.3) is 10.4 Å². The van der Waals surface area contributed by atoms with Crippen LogP contribution in [0.1, 0.15) is 5.56 Å². The molecule has 0 saturated heterocycles. The van der Waals surface area contributed by atoms with E-state index in [0.717, 1.165) is 0 Å². The van der Waals surface area contributed by atoms with E-state index >= 15 is 0 Å². The SMILES string of the molecule is O=[N+]([O-])CCc1ccc(OS(=O)(=O)[O-])cc1.[K+]. The van der Waals surface area contributed by atoms with Gasteiger partial charge in [-0.3, -0.25) is 10.1 Å². The largest absolute Gasteiger partial charge is 1.00 e. The fourth-order valence-corrected chi connectivity index (χ4v) is 1.40. The van der Waals surface area contributed by atoms with Crippen LogP contribution in [0.3, 0.4) is 0 Å². The molecule has 0 spiro atoms. The molecule has 1 aromatic rings. The predicted molar refractivity (Wildman–Crippen MR) is 52.3 cm³/mol. The van der Waals surface area contributed by atoms with Crippen molar-refractivity contribution in [2.24, 2.45) is 0 Å². The third-order valence-corrected chi connectivity index (χ3v) is 2.10. The molecule has 0 amide bonds. The second-order valence-corrected chi connectivity index (χ2v) is 3.93. The normalized spacial score (nSPS) is 10.4. The van der Waals surface area contributed by atoms with Crippen molar-refractivity contribution in [2.45, 2.75) is 6.42 Å². The number of nitrogens with zero attached hydrogens (tertiary/aromatic N) is 1. The Hall–Kier alpha value is -0.0336. The van der Waals surface area contributed by atoms with E-state index in [1.54, 1.807) is 0 Å². The fraction of sp³-hybridized carbons (Fsp3) is 0.250. The summed E-state index contributed by atoms with van der Waals surface area (Å²) in [6, 6.07) is 5.46. The number of benzene rings is 1. The number of hydrogen-bond acceptors (Lipinski definition) is 6. The third-order valence-electron chi connectivity index (χ3n) is 1.70. The van der Waals surface area contributed by atoms with Crippen LogP contribution in [0.15, 0.2) is 24.3 Å². The molecular formula is C8H8KNO6S. The summed E-state index contributed by atoms with van der Waals surface area (Å²) in [7, 11) is -4.77. The van der Waals surface area contributed by atoms with Crippen molar-refractivity contribution in [1.82, 2.24) is 0 Å². The molecule has 0 unspecified atom stereocenters. The van der Waals surface area contributed by atoms with Crippen LogP contribution < -0.4 is 55.6 Å². The minimum absolute atomic E-state index is 0. The van der Waals surface area contributed by atoms with Gasteiger partial charge in [0.2, 0.25) is 6.54 Å². The number of hydrogen-bond donors (Lipinski definition) is 0. The van der Waals surface area contributed by atoms with Gasteiger partial charge < -0.3 is 8.74 Å². The molecule has 1 rings (SSSR count). The predicted octanol–water partition coefficient (Wildman–Crippen LogP) is -2.65. The van der Waals surface area contributed by atoms with Crippen LogP contribution in [0.25, 0.3) is 0 Å². The molecule has 17 heavy (non-hydrogen) atoms. The van der Waals surface area contributed by atoms with Crippen molar-refractivity contribution in [3.63, 3.8) is 0 Å². The molecule has 0 atom stereocenters. The first-order chi connectivity index (χ1) is 7.37. The zero-order valence-corrected chi connectivity index (χ0v) is 13.0. The Labute approximate surface area is 141 Å². The van der Waals surface area contributed by atoms with Gasteiger partial charge in [-0.1, -0.05) is 12.1 Å². The van der Waals surface area contributed by atoms with E-state index in [4.69, 9.17) is 0 Å². The zero-order chi connectivity index (χ0) is 12.2. The minimum Gasteiger partial charge on any atom is -0.716 e. The van der Waals surface area contributed by atoms with Gasteiger partial charge in [0, 0.05) is 11.3 Å². The fourth-order valence-electron chi connectivity index (χ4n) is 1.05. The first-order valence-corrected chi connectivity index (χ1v) is 5.56. The molecule has 0 saturated carbocycles. The molecule has 0 aliphatic carbocycles. The smallest absolute Gasteiger partial charge is 0.716 e. The van der Waals surface area contributed by atoms with Gasteiger partial charge in [-0.25, -0.2) is 8.42 Å². The summed E-state index contributed by atoms with van der Waals surface area (Å²) in [6.45, 7) is -0.208. The van der Waals surface area contributed by atoms with Crippen molar-refractivity contribution in [3.05, 3.63) is 39.9 Å². The number of nitro groups is 1. The average molecular weight is 285 g/mol. The Kier molecular flexibility index (Phi) is 7.40. The van der Waals surface area contributed by atoms with E-state index in [9.17, 15) is 23.1 Å². The van der Waals surface area contributed by atoms with Gasteiger partial charge in [-0.2, -0.15) is 0 Å². The second-order valence-electron chi connectivity index (χ2n) is 2.94. The molecule has 0 bridgehead atoms. The van der Waals surface area contributed by atoms with E-state index in [1.807, 2.05) is 0 Å². The van der Waals surface area contributed by atoms with Crippen molar-refractivity contribution < 1.29 is 73.5 Å². The Morgan fingerprint density at radius 2 is 1.76 bits per heavy atom. The summed E-state index contributed by atoms with van der Waals surface area (Å²) in [5, 5.41) is 10.1.